The third-order valence-corrected chi connectivity index (χ3v) is 6.15. The fourth-order valence-corrected chi connectivity index (χ4v) is 4.36. The molecule has 1 N–H and O–H groups in total. The largest absolute Gasteiger partial charge is 0.381 e. The van der Waals surface area contributed by atoms with Gasteiger partial charge < -0.3 is 15.0 Å². The molecule has 2 aliphatic heterocycles. The molecule has 1 aromatic carbocycles. The van der Waals surface area contributed by atoms with Crippen molar-refractivity contribution in [1.82, 2.24) is 15.1 Å². The van der Waals surface area contributed by atoms with Gasteiger partial charge in [0.15, 0.2) is 5.96 Å². The molecular weight excluding hydrogens is 360 g/mol. The molecule has 3 rings (SSSR count). The molecule has 0 bridgehead atoms. The van der Waals surface area contributed by atoms with Gasteiger partial charge in [0.25, 0.3) is 0 Å². The van der Waals surface area contributed by atoms with Gasteiger partial charge >= 0.3 is 0 Å². The van der Waals surface area contributed by atoms with Crippen LogP contribution in [0.3, 0.4) is 0 Å². The van der Waals surface area contributed by atoms with E-state index in [0.717, 1.165) is 62.2 Å². The van der Waals surface area contributed by atoms with Crippen LogP contribution in [0.1, 0.15) is 38.2 Å². The Balaban J connectivity index is 1.74. The van der Waals surface area contributed by atoms with E-state index in [-0.39, 0.29) is 5.54 Å². The van der Waals surface area contributed by atoms with Crippen molar-refractivity contribution in [3.05, 3.63) is 34.9 Å². The Morgan fingerprint density at radius 3 is 2.63 bits per heavy atom. The quantitative estimate of drug-likeness (QED) is 0.595. The maximum Gasteiger partial charge on any atom is 0.194 e. The molecule has 0 spiro atoms. The molecule has 0 atom stereocenters. The lowest BCUT2D eigenvalue weighted by atomic mass is 9.88. The molecule has 2 fully saturated rings. The van der Waals surface area contributed by atoms with Gasteiger partial charge in [0.05, 0.1) is 6.54 Å². The summed E-state index contributed by atoms with van der Waals surface area (Å²) in [4.78, 5) is 9.90. The van der Waals surface area contributed by atoms with Crippen molar-refractivity contribution in [2.45, 2.75) is 44.7 Å². The van der Waals surface area contributed by atoms with Gasteiger partial charge in [-0.25, -0.2) is 0 Å². The van der Waals surface area contributed by atoms with Crippen LogP contribution in [0.2, 0.25) is 5.02 Å². The van der Waals surface area contributed by atoms with E-state index in [2.05, 4.69) is 35.2 Å². The smallest absolute Gasteiger partial charge is 0.194 e. The SMILES string of the molecule is CCNC(=NCC1(N2CCCC2)CCOCC1)N(C)Cc1ccccc1Cl. The summed E-state index contributed by atoms with van der Waals surface area (Å²) in [5, 5.41) is 4.26. The Morgan fingerprint density at radius 1 is 1.26 bits per heavy atom. The first kappa shape index (κ1) is 20.4. The molecule has 1 aromatic rings. The Labute approximate surface area is 168 Å². The van der Waals surface area contributed by atoms with Gasteiger partial charge in [0.2, 0.25) is 0 Å². The normalized spacial score (nSPS) is 20.6. The number of ether oxygens (including phenoxy) is 1. The zero-order chi connectivity index (χ0) is 19.1. The average Bonchev–Trinajstić information content (AvgIpc) is 3.23. The van der Waals surface area contributed by atoms with E-state index < -0.39 is 0 Å². The van der Waals surface area contributed by atoms with Crippen LogP contribution in [-0.4, -0.2) is 67.7 Å². The number of guanidine groups is 1. The maximum atomic E-state index is 6.35. The lowest BCUT2D eigenvalue weighted by Crippen LogP contribution is -2.54. The van der Waals surface area contributed by atoms with Crippen LogP contribution < -0.4 is 5.32 Å². The number of nitrogens with zero attached hydrogens (tertiary/aromatic N) is 3. The van der Waals surface area contributed by atoms with Crippen LogP contribution in [0.15, 0.2) is 29.3 Å². The fourth-order valence-electron chi connectivity index (χ4n) is 4.17. The highest BCUT2D eigenvalue weighted by atomic mass is 35.5. The van der Waals surface area contributed by atoms with Crippen LogP contribution in [0, 0.1) is 0 Å². The topological polar surface area (TPSA) is 40.1 Å². The van der Waals surface area contributed by atoms with E-state index in [0.29, 0.717) is 0 Å². The molecule has 2 saturated heterocycles. The van der Waals surface area contributed by atoms with E-state index in [9.17, 15) is 0 Å². The molecule has 0 amide bonds. The van der Waals surface area contributed by atoms with E-state index >= 15 is 0 Å². The second-order valence-electron chi connectivity index (χ2n) is 7.65. The Kier molecular flexibility index (Phi) is 7.39. The van der Waals surface area contributed by atoms with Crippen molar-refractivity contribution in [1.29, 1.82) is 0 Å². The summed E-state index contributed by atoms with van der Waals surface area (Å²) in [6.45, 7) is 8.62. The van der Waals surface area contributed by atoms with E-state index in [1.54, 1.807) is 0 Å². The van der Waals surface area contributed by atoms with Crippen LogP contribution in [0.25, 0.3) is 0 Å². The molecule has 0 aromatic heterocycles. The summed E-state index contributed by atoms with van der Waals surface area (Å²) in [5.41, 5.74) is 1.27. The first-order valence-corrected chi connectivity index (χ1v) is 10.6. The minimum Gasteiger partial charge on any atom is -0.381 e. The molecule has 0 radical (unpaired) electrons. The number of hydrogen-bond acceptors (Lipinski definition) is 3. The summed E-state index contributed by atoms with van der Waals surface area (Å²) < 4.78 is 5.66. The van der Waals surface area contributed by atoms with Crippen molar-refractivity contribution in [3.8, 4) is 0 Å². The molecule has 150 valence electrons. The number of likely N-dealkylation sites (tertiary alicyclic amines) is 1. The molecule has 2 aliphatic rings. The summed E-state index contributed by atoms with van der Waals surface area (Å²) in [5.74, 6) is 0.947. The number of halogens is 1. The molecule has 5 nitrogen and oxygen atoms in total. The van der Waals surface area contributed by atoms with Crippen LogP contribution in [0.4, 0.5) is 0 Å². The van der Waals surface area contributed by atoms with Gasteiger partial charge in [-0.2, -0.15) is 0 Å². The Morgan fingerprint density at radius 2 is 1.96 bits per heavy atom. The third-order valence-electron chi connectivity index (χ3n) is 5.79. The van der Waals surface area contributed by atoms with Crippen molar-refractivity contribution >= 4 is 17.6 Å². The Bertz CT molecular complexity index is 624. The van der Waals surface area contributed by atoms with Crippen LogP contribution in [0.5, 0.6) is 0 Å². The van der Waals surface area contributed by atoms with Crippen molar-refractivity contribution in [2.75, 3.05) is 46.4 Å². The predicted octanol–water partition coefficient (Wildman–Crippen LogP) is 3.38. The van der Waals surface area contributed by atoms with E-state index in [1.165, 1.54) is 25.9 Å². The molecule has 0 unspecified atom stereocenters. The van der Waals surface area contributed by atoms with Gasteiger partial charge in [0.1, 0.15) is 0 Å². The monoisotopic (exact) mass is 392 g/mol. The van der Waals surface area contributed by atoms with Gasteiger partial charge in [-0.3, -0.25) is 9.89 Å². The van der Waals surface area contributed by atoms with Crippen LogP contribution >= 0.6 is 11.6 Å². The summed E-state index contributed by atoms with van der Waals surface area (Å²) in [7, 11) is 2.08. The second-order valence-corrected chi connectivity index (χ2v) is 8.06. The lowest BCUT2D eigenvalue weighted by molar-refractivity contribution is -0.0139. The van der Waals surface area contributed by atoms with Crippen molar-refractivity contribution in [2.24, 2.45) is 4.99 Å². The highest BCUT2D eigenvalue weighted by Crippen LogP contribution is 2.31. The van der Waals surface area contributed by atoms with Crippen LogP contribution in [-0.2, 0) is 11.3 Å². The average molecular weight is 393 g/mol. The first-order chi connectivity index (χ1) is 13.1. The molecule has 27 heavy (non-hydrogen) atoms. The lowest BCUT2D eigenvalue weighted by Gasteiger charge is -2.43. The zero-order valence-corrected chi connectivity index (χ0v) is 17.5. The summed E-state index contributed by atoms with van der Waals surface area (Å²) in [6.07, 6.45) is 4.76. The standard InChI is InChI=1S/C21H33ClN4O/c1-3-23-20(25(2)16-18-8-4-5-9-19(18)22)24-17-21(10-14-27-15-11-21)26-12-6-7-13-26/h4-5,8-9H,3,6-7,10-17H2,1-2H3,(H,23,24). The van der Waals surface area contributed by atoms with Crippen molar-refractivity contribution in [3.63, 3.8) is 0 Å². The second kappa shape index (κ2) is 9.76. The first-order valence-electron chi connectivity index (χ1n) is 10.2. The van der Waals surface area contributed by atoms with E-state index in [1.807, 2.05) is 18.2 Å². The molecular formula is C21H33ClN4O. The highest BCUT2D eigenvalue weighted by Gasteiger charge is 2.39. The molecule has 2 heterocycles. The maximum absolute atomic E-state index is 6.35. The highest BCUT2D eigenvalue weighted by molar-refractivity contribution is 6.31. The number of nitrogens with one attached hydrogen (secondary N) is 1. The fraction of sp³-hybridized carbons (Fsp3) is 0.667. The van der Waals surface area contributed by atoms with Gasteiger partial charge in [-0.05, 0) is 57.3 Å². The van der Waals surface area contributed by atoms with Gasteiger partial charge in [-0.1, -0.05) is 29.8 Å². The number of rotatable bonds is 6. The predicted molar refractivity (Wildman–Crippen MR) is 112 cm³/mol. The molecule has 0 aliphatic carbocycles. The molecule has 6 heteroatoms. The minimum absolute atomic E-state index is 0.153. The van der Waals surface area contributed by atoms with Gasteiger partial charge in [-0.15, -0.1) is 0 Å². The molecule has 0 saturated carbocycles. The number of hydrogen-bond donors (Lipinski definition) is 1. The Hall–Kier alpha value is -1.30. The van der Waals surface area contributed by atoms with Gasteiger partial charge in [0, 0.05) is 43.9 Å². The number of benzene rings is 1. The van der Waals surface area contributed by atoms with Crippen molar-refractivity contribution < 1.29 is 4.74 Å². The van der Waals surface area contributed by atoms with E-state index in [4.69, 9.17) is 21.3 Å². The summed E-state index contributed by atoms with van der Waals surface area (Å²) in [6, 6.07) is 8.02. The zero-order valence-electron chi connectivity index (χ0n) is 16.7. The number of aliphatic imine (C=N–C) groups is 1. The summed E-state index contributed by atoms with van der Waals surface area (Å²) >= 11 is 6.35. The third kappa shape index (κ3) is 5.15. The minimum atomic E-state index is 0.153.